The molecule has 3 nitrogen and oxygen atoms in total. The molecule has 0 aliphatic carbocycles. The van der Waals surface area contributed by atoms with Crippen LogP contribution in [0.3, 0.4) is 0 Å². The average Bonchev–Trinajstić information content (AvgIpc) is 2.41. The highest BCUT2D eigenvalue weighted by atomic mass is 19.1. The van der Waals surface area contributed by atoms with Gasteiger partial charge in [0.2, 0.25) is 0 Å². The van der Waals surface area contributed by atoms with E-state index in [1.165, 1.54) is 12.1 Å². The second-order valence-electron chi connectivity index (χ2n) is 4.72. The zero-order chi connectivity index (χ0) is 13.8. The predicted molar refractivity (Wildman–Crippen MR) is 75.3 cm³/mol. The van der Waals surface area contributed by atoms with Crippen molar-refractivity contribution in [1.29, 1.82) is 0 Å². The van der Waals surface area contributed by atoms with Crippen LogP contribution in [0.15, 0.2) is 42.6 Å². The van der Waals surface area contributed by atoms with Gasteiger partial charge in [0.15, 0.2) is 0 Å². The Hall–Kier alpha value is -1.94. The van der Waals surface area contributed by atoms with E-state index in [-0.39, 0.29) is 11.9 Å². The summed E-state index contributed by atoms with van der Waals surface area (Å²) in [4.78, 5) is 6.34. The number of hydrogen-bond acceptors (Lipinski definition) is 3. The minimum Gasteiger partial charge on any atom is -0.355 e. The summed E-state index contributed by atoms with van der Waals surface area (Å²) < 4.78 is 12.8. The van der Waals surface area contributed by atoms with Gasteiger partial charge >= 0.3 is 0 Å². The molecule has 0 radical (unpaired) electrons. The van der Waals surface area contributed by atoms with Crippen molar-refractivity contribution >= 4 is 5.82 Å². The van der Waals surface area contributed by atoms with E-state index in [0.717, 1.165) is 16.9 Å². The number of nitrogens with two attached hydrogens (primary N) is 1. The highest BCUT2D eigenvalue weighted by molar-refractivity contribution is 5.41. The van der Waals surface area contributed by atoms with Gasteiger partial charge in [0.1, 0.15) is 11.6 Å². The van der Waals surface area contributed by atoms with Gasteiger partial charge in [-0.1, -0.05) is 12.1 Å². The first-order valence-corrected chi connectivity index (χ1v) is 6.23. The molecule has 1 atom stereocenters. The average molecular weight is 259 g/mol. The Morgan fingerprint density at radius 1 is 1.26 bits per heavy atom. The number of benzene rings is 1. The highest BCUT2D eigenvalue weighted by Gasteiger charge is 2.06. The maximum absolute atomic E-state index is 12.8. The van der Waals surface area contributed by atoms with Gasteiger partial charge in [0.05, 0.1) is 0 Å². The first-order chi connectivity index (χ1) is 9.06. The van der Waals surface area contributed by atoms with E-state index in [9.17, 15) is 4.39 Å². The van der Waals surface area contributed by atoms with Crippen molar-refractivity contribution in [3.8, 4) is 0 Å². The van der Waals surface area contributed by atoms with E-state index in [1.807, 2.05) is 31.0 Å². The van der Waals surface area contributed by atoms with Gasteiger partial charge in [0.25, 0.3) is 0 Å². The molecule has 2 N–H and O–H groups in total. The zero-order valence-corrected chi connectivity index (χ0v) is 11.2. The molecule has 100 valence electrons. The van der Waals surface area contributed by atoms with Crippen LogP contribution in [0.2, 0.25) is 0 Å². The van der Waals surface area contributed by atoms with Gasteiger partial charge in [-0.2, -0.15) is 0 Å². The topological polar surface area (TPSA) is 42.1 Å². The number of nitrogens with zero attached hydrogens (tertiary/aromatic N) is 2. The maximum Gasteiger partial charge on any atom is 0.128 e. The fraction of sp³-hybridized carbons (Fsp3) is 0.267. The molecule has 2 rings (SSSR count). The molecule has 0 saturated heterocycles. The molecule has 0 fully saturated rings. The Balaban J connectivity index is 2.13. The van der Waals surface area contributed by atoms with Crippen LogP contribution < -0.4 is 10.6 Å². The van der Waals surface area contributed by atoms with Gasteiger partial charge in [-0.3, -0.25) is 0 Å². The maximum atomic E-state index is 12.8. The van der Waals surface area contributed by atoms with Crippen molar-refractivity contribution in [3.63, 3.8) is 0 Å². The molecule has 1 heterocycles. The summed E-state index contributed by atoms with van der Waals surface area (Å²) in [7, 11) is 1.96. The first kappa shape index (κ1) is 13.5. The van der Waals surface area contributed by atoms with Crippen molar-refractivity contribution < 1.29 is 4.39 Å². The molecule has 0 bridgehead atoms. The van der Waals surface area contributed by atoms with E-state index in [4.69, 9.17) is 5.73 Å². The molecule has 0 saturated carbocycles. The third-order valence-electron chi connectivity index (χ3n) is 3.02. The molecule has 1 aromatic heterocycles. The van der Waals surface area contributed by atoms with Gasteiger partial charge < -0.3 is 10.6 Å². The molecule has 1 aromatic carbocycles. The molecular weight excluding hydrogens is 241 g/mol. The van der Waals surface area contributed by atoms with E-state index in [0.29, 0.717) is 6.54 Å². The molecule has 19 heavy (non-hydrogen) atoms. The molecule has 0 aliphatic rings. The van der Waals surface area contributed by atoms with Gasteiger partial charge in [-0.15, -0.1) is 0 Å². The number of rotatable bonds is 4. The van der Waals surface area contributed by atoms with Gasteiger partial charge in [-0.25, -0.2) is 9.37 Å². The first-order valence-electron chi connectivity index (χ1n) is 6.23. The summed E-state index contributed by atoms with van der Waals surface area (Å²) in [5.74, 6) is 0.641. The minimum atomic E-state index is -0.219. The lowest BCUT2D eigenvalue weighted by Crippen LogP contribution is -2.18. The third kappa shape index (κ3) is 3.51. The fourth-order valence-corrected chi connectivity index (χ4v) is 1.87. The van der Waals surface area contributed by atoms with E-state index in [2.05, 4.69) is 4.98 Å². The SMILES string of the molecule is C[C@@H](N)c1ccnc(N(C)Cc2ccc(F)cc2)c1. The number of halogens is 1. The lowest BCUT2D eigenvalue weighted by Gasteiger charge is -2.19. The molecule has 2 aromatic rings. The molecular formula is C15H18FN3. The van der Waals surface area contributed by atoms with Gasteiger partial charge in [-0.05, 0) is 42.3 Å². The molecule has 0 aliphatic heterocycles. The van der Waals surface area contributed by atoms with Gasteiger partial charge in [0, 0.05) is 25.8 Å². The second-order valence-corrected chi connectivity index (χ2v) is 4.72. The monoisotopic (exact) mass is 259 g/mol. The Bertz CT molecular complexity index is 537. The van der Waals surface area contributed by atoms with Crippen molar-refractivity contribution in [2.75, 3.05) is 11.9 Å². The molecule has 0 spiro atoms. The fourth-order valence-electron chi connectivity index (χ4n) is 1.87. The van der Waals surface area contributed by atoms with Crippen molar-refractivity contribution in [2.24, 2.45) is 5.73 Å². The minimum absolute atomic E-state index is 0.0130. The van der Waals surface area contributed by atoms with E-state index >= 15 is 0 Å². The molecule has 4 heteroatoms. The number of hydrogen-bond donors (Lipinski definition) is 1. The van der Waals surface area contributed by atoms with Crippen LogP contribution in [0.5, 0.6) is 0 Å². The lowest BCUT2D eigenvalue weighted by molar-refractivity contribution is 0.627. The predicted octanol–water partition coefficient (Wildman–Crippen LogP) is 2.88. The van der Waals surface area contributed by atoms with Crippen LogP contribution in [0.25, 0.3) is 0 Å². The van der Waals surface area contributed by atoms with Crippen LogP contribution in [0.1, 0.15) is 24.1 Å². The zero-order valence-electron chi connectivity index (χ0n) is 11.2. The lowest BCUT2D eigenvalue weighted by atomic mass is 10.1. The summed E-state index contributed by atoms with van der Waals surface area (Å²) >= 11 is 0. The summed E-state index contributed by atoms with van der Waals surface area (Å²) in [6, 6.07) is 10.4. The quantitative estimate of drug-likeness (QED) is 0.918. The molecule has 0 amide bonds. The standard InChI is InChI=1S/C15H18FN3/c1-11(17)13-7-8-18-15(9-13)19(2)10-12-3-5-14(16)6-4-12/h3-9,11H,10,17H2,1-2H3/t11-/m1/s1. The Kier molecular flexibility index (Phi) is 4.12. The number of anilines is 1. The second kappa shape index (κ2) is 5.80. The summed E-state index contributed by atoms with van der Waals surface area (Å²) in [6.45, 7) is 2.62. The van der Waals surface area contributed by atoms with E-state index < -0.39 is 0 Å². The van der Waals surface area contributed by atoms with Crippen molar-refractivity contribution in [2.45, 2.75) is 19.5 Å². The Morgan fingerprint density at radius 3 is 2.58 bits per heavy atom. The van der Waals surface area contributed by atoms with Crippen molar-refractivity contribution in [3.05, 3.63) is 59.5 Å². The summed E-state index contributed by atoms with van der Waals surface area (Å²) in [5, 5.41) is 0. The van der Waals surface area contributed by atoms with Crippen molar-refractivity contribution in [1.82, 2.24) is 4.98 Å². The van der Waals surface area contributed by atoms with Crippen LogP contribution in [0.4, 0.5) is 10.2 Å². The summed E-state index contributed by atoms with van der Waals surface area (Å²) in [5.41, 5.74) is 7.95. The third-order valence-corrected chi connectivity index (χ3v) is 3.02. The largest absolute Gasteiger partial charge is 0.355 e. The van der Waals surface area contributed by atoms with Crippen LogP contribution in [0, 0.1) is 5.82 Å². The Labute approximate surface area is 112 Å². The normalized spacial score (nSPS) is 12.2. The van der Waals surface area contributed by atoms with E-state index in [1.54, 1.807) is 18.3 Å². The number of pyridine rings is 1. The van der Waals surface area contributed by atoms with Crippen LogP contribution in [-0.4, -0.2) is 12.0 Å². The van der Waals surface area contributed by atoms with Crippen LogP contribution >= 0.6 is 0 Å². The number of aromatic nitrogens is 1. The summed E-state index contributed by atoms with van der Waals surface area (Å²) in [6.07, 6.45) is 1.76. The molecule has 0 unspecified atom stereocenters. The Morgan fingerprint density at radius 2 is 1.95 bits per heavy atom. The van der Waals surface area contributed by atoms with Crippen LogP contribution in [-0.2, 0) is 6.54 Å². The smallest absolute Gasteiger partial charge is 0.128 e. The highest BCUT2D eigenvalue weighted by Crippen LogP contribution is 2.17.